The maximum absolute atomic E-state index is 11.7. The molecule has 9 nitrogen and oxygen atoms in total. The zero-order valence-corrected chi connectivity index (χ0v) is 13.3. The van der Waals surface area contributed by atoms with Gasteiger partial charge in [0.25, 0.3) is 5.91 Å². The molecule has 0 fully saturated rings. The second kappa shape index (κ2) is 9.42. The Morgan fingerprint density at radius 2 is 2.30 bits per heavy atom. The van der Waals surface area contributed by atoms with Gasteiger partial charge in [0, 0.05) is 5.38 Å². The first kappa shape index (κ1) is 18.5. The number of hydrogen-bond acceptors (Lipinski definition) is 9. The summed E-state index contributed by atoms with van der Waals surface area (Å²) >= 11 is 1.07. The first-order chi connectivity index (χ1) is 9.04. The average Bonchev–Trinajstić information content (AvgIpc) is 2.77. The largest absolute Gasteiger partial charge is 1.00 e. The van der Waals surface area contributed by atoms with E-state index in [0.29, 0.717) is 6.29 Å². The molecule has 11 heteroatoms. The molecule has 102 valence electrons. The van der Waals surface area contributed by atoms with Crippen LogP contribution in [0.25, 0.3) is 0 Å². The molecule has 0 bridgehead atoms. The van der Waals surface area contributed by atoms with E-state index in [4.69, 9.17) is 5.73 Å². The van der Waals surface area contributed by atoms with Crippen molar-refractivity contribution >= 4 is 40.3 Å². The van der Waals surface area contributed by atoms with Crippen LogP contribution in [-0.4, -0.2) is 42.0 Å². The Morgan fingerprint density at radius 1 is 1.60 bits per heavy atom. The summed E-state index contributed by atoms with van der Waals surface area (Å²) in [4.78, 5) is 40.2. The Labute approximate surface area is 139 Å². The molecule has 0 aliphatic carbocycles. The second-order valence-corrected chi connectivity index (χ2v) is 3.92. The first-order valence-corrected chi connectivity index (χ1v) is 5.75. The van der Waals surface area contributed by atoms with Crippen molar-refractivity contribution in [3.05, 3.63) is 11.1 Å². The van der Waals surface area contributed by atoms with Crippen LogP contribution in [-0.2, 0) is 19.2 Å². The van der Waals surface area contributed by atoms with E-state index in [2.05, 4.69) is 20.3 Å². The topological polar surface area (TPSA) is 147 Å². The number of hydrogen-bond donors (Lipinski definition) is 2. The molecule has 20 heavy (non-hydrogen) atoms. The van der Waals surface area contributed by atoms with Crippen LogP contribution in [0.4, 0.5) is 5.13 Å². The maximum atomic E-state index is 11.7. The third kappa shape index (κ3) is 6.10. The fraction of sp³-hybridized carbons (Fsp3) is 0.222. The summed E-state index contributed by atoms with van der Waals surface area (Å²) in [5, 5.41) is 17.4. The third-order valence-electron chi connectivity index (χ3n) is 1.66. The Kier molecular flexibility index (Phi) is 8.72. The van der Waals surface area contributed by atoms with Gasteiger partial charge in [0.15, 0.2) is 17.5 Å². The summed E-state index contributed by atoms with van der Waals surface area (Å²) in [6.45, 7) is -1.04. The van der Waals surface area contributed by atoms with E-state index in [-0.39, 0.29) is 52.6 Å². The molecule has 0 aliphatic rings. The van der Waals surface area contributed by atoms with E-state index in [1.165, 1.54) is 5.38 Å². The van der Waals surface area contributed by atoms with Gasteiger partial charge in [-0.1, -0.05) is 5.16 Å². The van der Waals surface area contributed by atoms with Gasteiger partial charge in [0.2, 0.25) is 0 Å². The van der Waals surface area contributed by atoms with Gasteiger partial charge in [-0.15, -0.1) is 11.3 Å². The van der Waals surface area contributed by atoms with Crippen LogP contribution < -0.4 is 45.7 Å². The number of thiazole rings is 1. The molecule has 0 unspecified atom stereocenters. The van der Waals surface area contributed by atoms with Crippen molar-refractivity contribution < 1.29 is 53.9 Å². The van der Waals surface area contributed by atoms with E-state index in [9.17, 15) is 19.5 Å². The summed E-state index contributed by atoms with van der Waals surface area (Å²) in [5.41, 5.74) is 5.25. The van der Waals surface area contributed by atoms with E-state index in [1.54, 1.807) is 0 Å². The number of oxime groups is 1. The van der Waals surface area contributed by atoms with Crippen LogP contribution in [0, 0.1) is 0 Å². The van der Waals surface area contributed by atoms with Crippen molar-refractivity contribution in [1.29, 1.82) is 0 Å². The normalized spacial score (nSPS) is 10.3. The van der Waals surface area contributed by atoms with Gasteiger partial charge in [-0.3, -0.25) is 4.79 Å². The predicted octanol–water partition coefficient (Wildman–Crippen LogP) is -5.48. The van der Waals surface area contributed by atoms with E-state index >= 15 is 0 Å². The molecule has 1 aromatic heterocycles. The number of aromatic nitrogens is 1. The van der Waals surface area contributed by atoms with Crippen molar-refractivity contribution in [3.8, 4) is 0 Å². The molecule has 0 aliphatic heterocycles. The SMILES string of the molecule is Nc1nc(/C(=N/OCC(=O)[O-])C(=O)NCC=O)cs1.[Na+]. The fourth-order valence-electron chi connectivity index (χ4n) is 0.969. The number of carboxylic acids is 1. The standard InChI is InChI=1S/C9H10N4O5S.Na/c10-9-12-5(4-19-9)7(8(17)11-1-2-14)13-18-3-6(15)16;/h2,4H,1,3H2,(H2,10,12)(H,11,17)(H,15,16);/q;+1/p-1/b13-7-;. The van der Waals surface area contributed by atoms with Gasteiger partial charge in [-0.25, -0.2) is 4.98 Å². The van der Waals surface area contributed by atoms with Crippen molar-refractivity contribution in [3.63, 3.8) is 0 Å². The van der Waals surface area contributed by atoms with Crippen LogP contribution in [0.3, 0.4) is 0 Å². The van der Waals surface area contributed by atoms with E-state index in [0.717, 1.165) is 11.3 Å². The monoisotopic (exact) mass is 308 g/mol. The minimum atomic E-state index is -1.49. The zero-order valence-electron chi connectivity index (χ0n) is 10.5. The Hall–Kier alpha value is -1.49. The van der Waals surface area contributed by atoms with Gasteiger partial charge < -0.3 is 30.6 Å². The number of carboxylic acid groups (broad SMARTS) is 1. The van der Waals surface area contributed by atoms with Crippen molar-refractivity contribution in [2.45, 2.75) is 0 Å². The van der Waals surface area contributed by atoms with E-state index in [1.807, 2.05) is 0 Å². The van der Waals surface area contributed by atoms with Crippen LogP contribution in [0.2, 0.25) is 0 Å². The second-order valence-electron chi connectivity index (χ2n) is 3.03. The van der Waals surface area contributed by atoms with Gasteiger partial charge in [0.05, 0.1) is 12.5 Å². The molecule has 1 rings (SSSR count). The molecule has 0 spiro atoms. The molecule has 0 atom stereocenters. The number of amides is 1. The van der Waals surface area contributed by atoms with Crippen LogP contribution in [0.15, 0.2) is 10.5 Å². The van der Waals surface area contributed by atoms with Gasteiger partial charge in [-0.2, -0.15) is 0 Å². The summed E-state index contributed by atoms with van der Waals surface area (Å²) in [6.07, 6.45) is 0.479. The number of aliphatic carboxylic acids is 1. The Balaban J connectivity index is 0.00000361. The Bertz CT molecular complexity index is 518. The molecule has 0 saturated heterocycles. The molecule has 1 amide bonds. The van der Waals surface area contributed by atoms with Gasteiger partial charge >= 0.3 is 29.6 Å². The summed E-state index contributed by atoms with van der Waals surface area (Å²) in [6, 6.07) is 0. The summed E-state index contributed by atoms with van der Waals surface area (Å²) in [5.74, 6) is -2.23. The van der Waals surface area contributed by atoms with Crippen LogP contribution in [0.5, 0.6) is 0 Å². The predicted molar refractivity (Wildman–Crippen MR) is 63.1 cm³/mol. The average molecular weight is 308 g/mol. The third-order valence-corrected chi connectivity index (χ3v) is 2.34. The quantitative estimate of drug-likeness (QED) is 0.221. The summed E-state index contributed by atoms with van der Waals surface area (Å²) < 4.78 is 0. The van der Waals surface area contributed by atoms with Crippen molar-refractivity contribution in [1.82, 2.24) is 10.3 Å². The van der Waals surface area contributed by atoms with E-state index < -0.39 is 18.5 Å². The number of carbonyl (C=O) groups is 3. The number of nitrogens with one attached hydrogen (secondary N) is 1. The molecule has 1 aromatic rings. The number of aldehydes is 1. The first-order valence-electron chi connectivity index (χ1n) is 4.87. The number of rotatable bonds is 7. The molecular formula is C9H9N4NaO5S. The number of nitrogens with two attached hydrogens (primary N) is 1. The number of anilines is 1. The maximum Gasteiger partial charge on any atom is 1.00 e. The summed E-state index contributed by atoms with van der Waals surface area (Å²) in [7, 11) is 0. The Morgan fingerprint density at radius 3 is 2.80 bits per heavy atom. The molecular weight excluding hydrogens is 299 g/mol. The van der Waals surface area contributed by atoms with Crippen LogP contribution in [0.1, 0.15) is 5.69 Å². The smallest absolute Gasteiger partial charge is 0.546 e. The fourth-order valence-corrected chi connectivity index (χ4v) is 1.52. The molecule has 0 saturated carbocycles. The van der Waals surface area contributed by atoms with Crippen molar-refractivity contribution in [2.75, 3.05) is 18.9 Å². The molecule has 3 N–H and O–H groups in total. The minimum Gasteiger partial charge on any atom is -0.546 e. The molecule has 1 heterocycles. The molecule has 0 aromatic carbocycles. The zero-order chi connectivity index (χ0) is 14.3. The number of nitrogens with zero attached hydrogens (tertiary/aromatic N) is 2. The van der Waals surface area contributed by atoms with Gasteiger partial charge in [-0.05, 0) is 0 Å². The van der Waals surface area contributed by atoms with Crippen molar-refractivity contribution in [2.24, 2.45) is 5.16 Å². The van der Waals surface area contributed by atoms with Gasteiger partial charge in [0.1, 0.15) is 12.0 Å². The number of carbonyl (C=O) groups excluding carboxylic acids is 3. The minimum absolute atomic E-state index is 0. The number of nitrogen functional groups attached to an aromatic ring is 1. The van der Waals surface area contributed by atoms with Crippen LogP contribution >= 0.6 is 11.3 Å². The molecule has 0 radical (unpaired) electrons.